The van der Waals surface area contributed by atoms with E-state index in [1.54, 1.807) is 24.0 Å². The van der Waals surface area contributed by atoms with Crippen molar-refractivity contribution in [3.63, 3.8) is 0 Å². The zero-order valence-corrected chi connectivity index (χ0v) is 20.1. The summed E-state index contributed by atoms with van der Waals surface area (Å²) in [7, 11) is 0. The van der Waals surface area contributed by atoms with Crippen molar-refractivity contribution in [2.45, 2.75) is 58.6 Å². The summed E-state index contributed by atoms with van der Waals surface area (Å²) >= 11 is 0. The molecule has 34 heavy (non-hydrogen) atoms. The van der Waals surface area contributed by atoms with Gasteiger partial charge in [0.25, 0.3) is 11.8 Å². The maximum Gasteiger partial charge on any atom is 0.253 e. The zero-order valence-electron chi connectivity index (χ0n) is 20.1. The Kier molecular flexibility index (Phi) is 10.6. The average molecular weight is 476 g/mol. The average Bonchev–Trinajstić information content (AvgIpc) is 2.77. The molecule has 0 saturated carbocycles. The largest absolute Gasteiger partial charge is 0.391 e. The topological polar surface area (TPSA) is 95.7 Å². The van der Waals surface area contributed by atoms with E-state index in [9.17, 15) is 23.5 Å². The van der Waals surface area contributed by atoms with Gasteiger partial charge >= 0.3 is 0 Å². The molecule has 0 aromatic heterocycles. The number of aliphatic hydroxyl groups is 1. The van der Waals surface area contributed by atoms with Crippen molar-refractivity contribution in [3.8, 4) is 0 Å². The van der Waals surface area contributed by atoms with E-state index in [1.165, 1.54) is 6.07 Å². The van der Waals surface area contributed by atoms with E-state index in [0.29, 0.717) is 24.2 Å². The summed E-state index contributed by atoms with van der Waals surface area (Å²) in [6.07, 6.45) is 0.845. The Morgan fingerprint density at radius 1 is 1.00 bits per heavy atom. The monoisotopic (exact) mass is 475 g/mol. The summed E-state index contributed by atoms with van der Waals surface area (Å²) in [6, 6.07) is 7.20. The lowest BCUT2D eigenvalue weighted by Crippen LogP contribution is -2.45. The number of nitrogens with one attached hydrogen (secondary N) is 1. The van der Waals surface area contributed by atoms with Crippen molar-refractivity contribution < 1.29 is 23.5 Å². The first-order chi connectivity index (χ1) is 16.2. The van der Waals surface area contributed by atoms with Gasteiger partial charge in [0.1, 0.15) is 11.6 Å². The van der Waals surface area contributed by atoms with Gasteiger partial charge in [0.2, 0.25) is 0 Å². The molecule has 2 aromatic carbocycles. The Hall–Kier alpha value is -2.84. The number of hydrogen-bond donors (Lipinski definition) is 3. The highest BCUT2D eigenvalue weighted by Crippen LogP contribution is 2.16. The summed E-state index contributed by atoms with van der Waals surface area (Å²) in [4.78, 5) is 27.9. The van der Waals surface area contributed by atoms with E-state index < -0.39 is 29.7 Å². The van der Waals surface area contributed by atoms with Crippen LogP contribution in [0.5, 0.6) is 0 Å². The van der Waals surface area contributed by atoms with Crippen LogP contribution in [0.2, 0.25) is 0 Å². The van der Waals surface area contributed by atoms with E-state index in [0.717, 1.165) is 36.6 Å². The molecule has 0 heterocycles. The predicted octanol–water partition coefficient (Wildman–Crippen LogP) is 3.59. The second-order valence-electron chi connectivity index (χ2n) is 8.59. The third-order valence-electron chi connectivity index (χ3n) is 5.48. The SMILES string of the molecule is CCCN(CCC)C(=O)c1cc(C)cc(C(=O)N[C@@H](Cc2cc(F)cc(F)c2)[C@H](O)CCN)c1. The third kappa shape index (κ3) is 7.88. The minimum atomic E-state index is -1.02. The van der Waals surface area contributed by atoms with Crippen LogP contribution in [0.3, 0.4) is 0 Å². The molecule has 0 saturated heterocycles. The number of nitrogens with zero attached hydrogens (tertiary/aromatic N) is 1. The summed E-state index contributed by atoms with van der Waals surface area (Å²) in [6.45, 7) is 7.23. The van der Waals surface area contributed by atoms with Gasteiger partial charge in [0.05, 0.1) is 12.1 Å². The maximum absolute atomic E-state index is 13.6. The van der Waals surface area contributed by atoms with E-state index in [2.05, 4.69) is 5.32 Å². The molecule has 0 aliphatic rings. The molecule has 0 spiro atoms. The number of rotatable bonds is 12. The number of amides is 2. The molecular formula is C26H35F2N3O3. The highest BCUT2D eigenvalue weighted by atomic mass is 19.1. The normalized spacial score (nSPS) is 12.8. The molecular weight excluding hydrogens is 440 g/mol. The van der Waals surface area contributed by atoms with Crippen LogP contribution in [0, 0.1) is 18.6 Å². The number of carbonyl (C=O) groups is 2. The molecule has 2 rings (SSSR count). The lowest BCUT2D eigenvalue weighted by molar-refractivity contribution is 0.0755. The Bertz CT molecular complexity index is 958. The van der Waals surface area contributed by atoms with Crippen molar-refractivity contribution in [3.05, 3.63) is 70.3 Å². The predicted molar refractivity (Wildman–Crippen MR) is 129 cm³/mol. The molecule has 0 unspecified atom stereocenters. The quantitative estimate of drug-likeness (QED) is 0.437. The Balaban J connectivity index is 2.29. The van der Waals surface area contributed by atoms with Gasteiger partial charge in [-0.15, -0.1) is 0 Å². The maximum atomic E-state index is 13.6. The molecule has 8 heteroatoms. The van der Waals surface area contributed by atoms with Crippen LogP contribution in [0.4, 0.5) is 8.78 Å². The fraction of sp³-hybridized carbons (Fsp3) is 0.462. The number of halogens is 2. The van der Waals surface area contributed by atoms with E-state index in [4.69, 9.17) is 5.73 Å². The molecule has 0 aliphatic heterocycles. The fourth-order valence-electron chi connectivity index (χ4n) is 3.96. The van der Waals surface area contributed by atoms with Crippen molar-refractivity contribution in [1.29, 1.82) is 0 Å². The number of hydrogen-bond acceptors (Lipinski definition) is 4. The summed E-state index contributed by atoms with van der Waals surface area (Å²) < 4.78 is 27.3. The van der Waals surface area contributed by atoms with Crippen LogP contribution < -0.4 is 11.1 Å². The van der Waals surface area contributed by atoms with Crippen molar-refractivity contribution >= 4 is 11.8 Å². The zero-order chi connectivity index (χ0) is 25.3. The van der Waals surface area contributed by atoms with Crippen molar-refractivity contribution in [2.75, 3.05) is 19.6 Å². The molecule has 0 aliphatic carbocycles. The molecule has 2 aromatic rings. The van der Waals surface area contributed by atoms with Crippen LogP contribution in [0.1, 0.15) is 65.0 Å². The van der Waals surface area contributed by atoms with Gasteiger partial charge in [-0.05, 0) is 80.6 Å². The van der Waals surface area contributed by atoms with Gasteiger partial charge in [0.15, 0.2) is 0 Å². The van der Waals surface area contributed by atoms with Crippen LogP contribution in [-0.4, -0.2) is 53.6 Å². The first-order valence-corrected chi connectivity index (χ1v) is 11.7. The summed E-state index contributed by atoms with van der Waals surface area (Å²) in [5.74, 6) is -2.11. The van der Waals surface area contributed by atoms with Crippen LogP contribution >= 0.6 is 0 Å². The minimum absolute atomic E-state index is 0.0139. The van der Waals surface area contributed by atoms with Gasteiger partial charge in [-0.3, -0.25) is 9.59 Å². The Labute approximate surface area is 200 Å². The van der Waals surface area contributed by atoms with Gasteiger partial charge in [-0.25, -0.2) is 8.78 Å². The number of nitrogens with two attached hydrogens (primary N) is 1. The number of benzene rings is 2. The number of aryl methyl sites for hydroxylation is 1. The Morgan fingerprint density at radius 3 is 2.15 bits per heavy atom. The van der Waals surface area contributed by atoms with E-state index >= 15 is 0 Å². The first kappa shape index (κ1) is 27.4. The van der Waals surface area contributed by atoms with Gasteiger partial charge < -0.3 is 21.1 Å². The first-order valence-electron chi connectivity index (χ1n) is 11.7. The molecule has 6 nitrogen and oxygen atoms in total. The van der Waals surface area contributed by atoms with Crippen molar-refractivity contribution in [1.82, 2.24) is 10.2 Å². The molecule has 2 amide bonds. The smallest absolute Gasteiger partial charge is 0.253 e. The molecule has 2 atom stereocenters. The fourth-order valence-corrected chi connectivity index (χ4v) is 3.96. The molecule has 186 valence electrons. The van der Waals surface area contributed by atoms with E-state index in [1.807, 2.05) is 13.8 Å². The highest BCUT2D eigenvalue weighted by molar-refractivity contribution is 6.00. The second-order valence-corrected chi connectivity index (χ2v) is 8.59. The van der Waals surface area contributed by atoms with E-state index in [-0.39, 0.29) is 30.9 Å². The minimum Gasteiger partial charge on any atom is -0.391 e. The third-order valence-corrected chi connectivity index (χ3v) is 5.48. The van der Waals surface area contributed by atoms with Gasteiger partial charge in [-0.1, -0.05) is 13.8 Å². The summed E-state index contributed by atoms with van der Waals surface area (Å²) in [5, 5.41) is 13.3. The molecule has 0 radical (unpaired) electrons. The van der Waals surface area contributed by atoms with Crippen molar-refractivity contribution in [2.24, 2.45) is 5.73 Å². The molecule has 0 fully saturated rings. The van der Waals surface area contributed by atoms with Gasteiger partial charge in [0, 0.05) is 30.3 Å². The molecule has 4 N–H and O–H groups in total. The standard InChI is InChI=1S/C26H35F2N3O3/c1-4-8-31(9-5-2)26(34)20-11-17(3)10-19(15-20)25(33)30-23(24(32)6-7-29)14-18-12-21(27)16-22(28)13-18/h10-13,15-16,23-24,32H,4-9,14,29H2,1-3H3,(H,30,33)/t23-,24+/m0/s1. The Morgan fingerprint density at radius 2 is 1.59 bits per heavy atom. The van der Waals surface area contributed by atoms with Gasteiger partial charge in [-0.2, -0.15) is 0 Å². The van der Waals surface area contributed by atoms with Crippen LogP contribution in [0.25, 0.3) is 0 Å². The van der Waals surface area contributed by atoms with Crippen LogP contribution in [0.15, 0.2) is 36.4 Å². The van der Waals surface area contributed by atoms with Crippen LogP contribution in [-0.2, 0) is 6.42 Å². The lowest BCUT2D eigenvalue weighted by atomic mass is 9.98. The lowest BCUT2D eigenvalue weighted by Gasteiger charge is -2.25. The number of carbonyl (C=O) groups excluding carboxylic acids is 2. The molecule has 0 bridgehead atoms. The summed E-state index contributed by atoms with van der Waals surface area (Å²) in [5.41, 5.74) is 7.30. The second kappa shape index (κ2) is 13.2. The highest BCUT2D eigenvalue weighted by Gasteiger charge is 2.24. The number of aliphatic hydroxyl groups excluding tert-OH is 1.